The van der Waals surface area contributed by atoms with Crippen LogP contribution in [-0.2, 0) is 16.1 Å². The van der Waals surface area contributed by atoms with E-state index in [0.29, 0.717) is 27.8 Å². The van der Waals surface area contributed by atoms with Gasteiger partial charge in [-0.1, -0.05) is 30.0 Å². The summed E-state index contributed by atoms with van der Waals surface area (Å²) >= 11 is 2.45. The highest BCUT2D eigenvalue weighted by Gasteiger charge is 2.23. The molecule has 0 saturated carbocycles. The molecule has 31 heavy (non-hydrogen) atoms. The first-order valence-corrected chi connectivity index (χ1v) is 11.3. The van der Waals surface area contributed by atoms with E-state index in [2.05, 4.69) is 22.1 Å². The number of nitrogens with one attached hydrogen (secondary N) is 1. The van der Waals surface area contributed by atoms with Crippen molar-refractivity contribution >= 4 is 40.0 Å². The smallest absolute Gasteiger partial charge is 0.341 e. The number of nitrogens with zero attached hydrogens (tertiary/aromatic N) is 3. The van der Waals surface area contributed by atoms with Gasteiger partial charge in [0, 0.05) is 17.5 Å². The van der Waals surface area contributed by atoms with Crippen LogP contribution < -0.4 is 5.32 Å². The van der Waals surface area contributed by atoms with Crippen LogP contribution in [0.5, 0.6) is 0 Å². The van der Waals surface area contributed by atoms with Crippen molar-refractivity contribution in [3.8, 4) is 11.1 Å². The van der Waals surface area contributed by atoms with Crippen LogP contribution in [0.25, 0.3) is 11.1 Å². The van der Waals surface area contributed by atoms with Gasteiger partial charge in [-0.2, -0.15) is 0 Å². The fourth-order valence-corrected chi connectivity index (χ4v) is 4.57. The third kappa shape index (κ3) is 5.39. The van der Waals surface area contributed by atoms with Gasteiger partial charge >= 0.3 is 5.97 Å². The van der Waals surface area contributed by atoms with Gasteiger partial charge in [0.1, 0.15) is 22.2 Å². The molecule has 1 N–H and O–H groups in total. The van der Waals surface area contributed by atoms with E-state index in [1.54, 1.807) is 30.5 Å². The van der Waals surface area contributed by atoms with Crippen molar-refractivity contribution in [1.29, 1.82) is 0 Å². The minimum atomic E-state index is -0.549. The quantitative estimate of drug-likeness (QED) is 0.286. The molecule has 3 rings (SSSR count). The molecule has 1 aromatic carbocycles. The lowest BCUT2D eigenvalue weighted by Crippen LogP contribution is -2.17. The lowest BCUT2D eigenvalue weighted by molar-refractivity contribution is -0.113. The Labute approximate surface area is 187 Å². The molecule has 3 aromatic rings. The number of hydrogen-bond acceptors (Lipinski definition) is 7. The highest BCUT2D eigenvalue weighted by atomic mass is 32.2. The van der Waals surface area contributed by atoms with Crippen molar-refractivity contribution in [1.82, 2.24) is 14.8 Å². The predicted molar refractivity (Wildman–Crippen MR) is 120 cm³/mol. The van der Waals surface area contributed by atoms with E-state index >= 15 is 0 Å². The number of carbonyl (C=O) groups is 2. The molecule has 0 aliphatic rings. The highest BCUT2D eigenvalue weighted by molar-refractivity contribution is 7.99. The summed E-state index contributed by atoms with van der Waals surface area (Å²) in [5, 5.41) is 13.6. The van der Waals surface area contributed by atoms with Crippen LogP contribution >= 0.6 is 23.1 Å². The van der Waals surface area contributed by atoms with Crippen LogP contribution in [0.2, 0.25) is 0 Å². The average molecular weight is 461 g/mol. The number of ether oxygens (including phenoxy) is 1. The van der Waals surface area contributed by atoms with E-state index in [1.807, 2.05) is 11.5 Å². The molecule has 0 atom stereocenters. The maximum atomic E-state index is 13.3. The molecule has 0 unspecified atom stereocenters. The Bertz CT molecular complexity index is 1090. The number of halogens is 1. The van der Waals surface area contributed by atoms with Gasteiger partial charge in [-0.3, -0.25) is 4.79 Å². The van der Waals surface area contributed by atoms with Gasteiger partial charge in [0.15, 0.2) is 5.16 Å². The Hall–Kier alpha value is -2.98. The molecule has 7 nitrogen and oxygen atoms in total. The van der Waals surface area contributed by atoms with E-state index in [1.165, 1.54) is 35.2 Å². The summed E-state index contributed by atoms with van der Waals surface area (Å²) in [7, 11) is 0. The molecule has 0 radical (unpaired) electrons. The van der Waals surface area contributed by atoms with Crippen molar-refractivity contribution in [3.63, 3.8) is 0 Å². The summed E-state index contributed by atoms with van der Waals surface area (Å²) in [6.07, 6.45) is 1.73. The maximum absolute atomic E-state index is 13.3. The molecule has 0 bridgehead atoms. The molecular weight excluding hydrogens is 439 g/mol. The number of aromatic nitrogens is 3. The fourth-order valence-electron chi connectivity index (χ4n) is 2.80. The second-order valence-corrected chi connectivity index (χ2v) is 8.17. The van der Waals surface area contributed by atoms with E-state index in [-0.39, 0.29) is 29.6 Å². The molecule has 0 fully saturated rings. The van der Waals surface area contributed by atoms with Gasteiger partial charge in [-0.25, -0.2) is 9.18 Å². The zero-order valence-electron chi connectivity index (χ0n) is 17.1. The van der Waals surface area contributed by atoms with Crippen molar-refractivity contribution in [2.45, 2.75) is 25.5 Å². The summed E-state index contributed by atoms with van der Waals surface area (Å²) in [6, 6.07) is 5.79. The third-order valence-electron chi connectivity index (χ3n) is 4.22. The Balaban J connectivity index is 1.79. The number of benzene rings is 1. The summed E-state index contributed by atoms with van der Waals surface area (Å²) in [5.74, 6) is -0.404. The van der Waals surface area contributed by atoms with E-state index in [4.69, 9.17) is 4.74 Å². The zero-order valence-corrected chi connectivity index (χ0v) is 18.7. The molecular formula is C21H21FN4O3S2. The van der Waals surface area contributed by atoms with Crippen molar-refractivity contribution < 1.29 is 18.7 Å². The predicted octanol–water partition coefficient (Wildman–Crippen LogP) is 4.55. The minimum absolute atomic E-state index is 0.0846. The number of anilines is 1. The highest BCUT2D eigenvalue weighted by Crippen LogP contribution is 2.36. The van der Waals surface area contributed by atoms with Gasteiger partial charge in [0.25, 0.3) is 0 Å². The largest absolute Gasteiger partial charge is 0.462 e. The first kappa shape index (κ1) is 22.7. The average Bonchev–Trinajstić information content (AvgIpc) is 3.31. The number of aryl methyl sites for hydroxylation is 1. The molecule has 1 amide bonds. The van der Waals surface area contributed by atoms with Gasteiger partial charge in [-0.05, 0) is 31.5 Å². The summed E-state index contributed by atoms with van der Waals surface area (Å²) in [5.41, 5.74) is 1.49. The molecule has 0 aliphatic carbocycles. The molecule has 0 saturated heterocycles. The van der Waals surface area contributed by atoms with Crippen molar-refractivity contribution in [3.05, 3.63) is 59.5 Å². The summed E-state index contributed by atoms with van der Waals surface area (Å²) in [4.78, 5) is 25.2. The standard InChI is InChI=1S/C21H21FN4O3S2/c1-4-10-26-13(3)24-25-21(26)31-12-17(27)23-19-18(20(28)29-5-2)16(11-30-19)14-6-8-15(22)9-7-14/h4,6-9,11H,1,5,10,12H2,2-3H3,(H,23,27). The van der Waals surface area contributed by atoms with Gasteiger partial charge in [0.2, 0.25) is 5.91 Å². The maximum Gasteiger partial charge on any atom is 0.341 e. The van der Waals surface area contributed by atoms with E-state index in [9.17, 15) is 14.0 Å². The van der Waals surface area contributed by atoms with Crippen LogP contribution in [0.1, 0.15) is 23.1 Å². The first-order valence-electron chi connectivity index (χ1n) is 9.42. The zero-order chi connectivity index (χ0) is 22.4. The Morgan fingerprint density at radius 3 is 2.74 bits per heavy atom. The Kier molecular flexibility index (Phi) is 7.59. The van der Waals surface area contributed by atoms with Crippen LogP contribution in [0.3, 0.4) is 0 Å². The first-order chi connectivity index (χ1) is 14.9. The molecule has 0 spiro atoms. The van der Waals surface area contributed by atoms with Crippen LogP contribution in [-0.4, -0.2) is 39.0 Å². The monoisotopic (exact) mass is 460 g/mol. The number of carbonyl (C=O) groups excluding carboxylic acids is 2. The Morgan fingerprint density at radius 2 is 2.06 bits per heavy atom. The molecule has 2 heterocycles. The Morgan fingerprint density at radius 1 is 1.32 bits per heavy atom. The number of amides is 1. The summed E-state index contributed by atoms with van der Waals surface area (Å²) < 4.78 is 20.3. The van der Waals surface area contributed by atoms with E-state index in [0.717, 1.165) is 5.82 Å². The van der Waals surface area contributed by atoms with Crippen LogP contribution in [0, 0.1) is 12.7 Å². The second-order valence-electron chi connectivity index (χ2n) is 6.35. The fraction of sp³-hybridized carbons (Fsp3) is 0.238. The van der Waals surface area contributed by atoms with Crippen molar-refractivity contribution in [2.24, 2.45) is 0 Å². The second kappa shape index (κ2) is 10.4. The lowest BCUT2D eigenvalue weighted by Gasteiger charge is -2.09. The molecule has 0 aliphatic heterocycles. The number of esters is 1. The number of thiophene rings is 1. The SMILES string of the molecule is C=CCn1c(C)nnc1SCC(=O)Nc1scc(-c2ccc(F)cc2)c1C(=O)OCC. The number of allylic oxidation sites excluding steroid dienone is 1. The number of rotatable bonds is 9. The third-order valence-corrected chi connectivity index (χ3v) is 6.09. The number of thioether (sulfide) groups is 1. The molecule has 162 valence electrons. The normalized spacial score (nSPS) is 10.7. The lowest BCUT2D eigenvalue weighted by atomic mass is 10.0. The summed E-state index contributed by atoms with van der Waals surface area (Å²) in [6.45, 7) is 7.99. The van der Waals surface area contributed by atoms with E-state index < -0.39 is 5.97 Å². The molecule has 2 aromatic heterocycles. The van der Waals surface area contributed by atoms with Gasteiger partial charge in [-0.15, -0.1) is 28.1 Å². The van der Waals surface area contributed by atoms with Gasteiger partial charge < -0.3 is 14.6 Å². The molecule has 10 heteroatoms. The van der Waals surface area contributed by atoms with Crippen LogP contribution in [0.4, 0.5) is 9.39 Å². The van der Waals surface area contributed by atoms with Gasteiger partial charge in [0.05, 0.1) is 12.4 Å². The number of hydrogen-bond donors (Lipinski definition) is 1. The van der Waals surface area contributed by atoms with Crippen molar-refractivity contribution in [2.75, 3.05) is 17.7 Å². The van der Waals surface area contributed by atoms with Crippen LogP contribution in [0.15, 0.2) is 47.5 Å². The minimum Gasteiger partial charge on any atom is -0.462 e. The topological polar surface area (TPSA) is 86.1 Å².